The van der Waals surface area contributed by atoms with Crippen molar-refractivity contribution in [1.82, 2.24) is 19.8 Å². The van der Waals surface area contributed by atoms with E-state index in [0.717, 1.165) is 49.6 Å². The molecular weight excluding hydrogens is 312 g/mol. The molecule has 25 heavy (non-hydrogen) atoms. The fourth-order valence-corrected chi connectivity index (χ4v) is 3.36. The van der Waals surface area contributed by atoms with Gasteiger partial charge in [-0.15, -0.1) is 0 Å². The number of hydrogen-bond donors (Lipinski definition) is 1. The Balaban J connectivity index is 1.76. The number of para-hydroxylation sites is 1. The first kappa shape index (κ1) is 16.0. The highest BCUT2D eigenvalue weighted by atomic mass is 16.1. The molecule has 1 aliphatic heterocycles. The Kier molecular flexibility index (Phi) is 4.59. The average molecular weight is 334 g/mol. The Labute approximate surface area is 146 Å². The number of nitrogens with one attached hydrogen (secondary N) is 1. The summed E-state index contributed by atoms with van der Waals surface area (Å²) < 4.78 is 1.83. The number of piperazine rings is 1. The van der Waals surface area contributed by atoms with E-state index in [9.17, 15) is 4.79 Å². The minimum absolute atomic E-state index is 0.0413. The molecular formula is C20H22N4O. The maximum absolute atomic E-state index is 13.1. The number of aromatic nitrogens is 2. The molecule has 0 radical (unpaired) electrons. The molecule has 2 aromatic carbocycles. The lowest BCUT2D eigenvalue weighted by Gasteiger charge is -2.27. The Morgan fingerprint density at radius 1 is 0.920 bits per heavy atom. The Bertz CT molecular complexity index is 914. The van der Waals surface area contributed by atoms with Gasteiger partial charge >= 0.3 is 0 Å². The van der Waals surface area contributed by atoms with Crippen LogP contribution in [0.1, 0.15) is 0 Å². The zero-order valence-electron chi connectivity index (χ0n) is 14.2. The molecule has 0 spiro atoms. The highest BCUT2D eigenvalue weighted by molar-refractivity contribution is 5.79. The summed E-state index contributed by atoms with van der Waals surface area (Å²) in [5, 5.41) is 4.05. The van der Waals surface area contributed by atoms with Crippen LogP contribution in [0, 0.1) is 0 Å². The van der Waals surface area contributed by atoms with Crippen LogP contribution < -0.4 is 10.9 Å². The summed E-state index contributed by atoms with van der Waals surface area (Å²) in [6.45, 7) is 5.59. The fraction of sp³-hybridized carbons (Fsp3) is 0.300. The van der Waals surface area contributed by atoms with Gasteiger partial charge in [-0.2, -0.15) is 0 Å². The minimum atomic E-state index is 0.0413. The molecule has 1 fully saturated rings. The monoisotopic (exact) mass is 334 g/mol. The zero-order chi connectivity index (χ0) is 17.1. The standard InChI is InChI=1S/C20H22N4O/c25-20-17-8-4-5-9-18(17)22-19(16-6-2-1-3-7-16)24(20)15-14-23-12-10-21-11-13-23/h1-9,21H,10-15H2. The van der Waals surface area contributed by atoms with E-state index in [2.05, 4.69) is 10.2 Å². The van der Waals surface area contributed by atoms with E-state index >= 15 is 0 Å². The van der Waals surface area contributed by atoms with Crippen molar-refractivity contribution in [3.8, 4) is 11.4 Å². The summed E-state index contributed by atoms with van der Waals surface area (Å²) in [5.74, 6) is 0.749. The topological polar surface area (TPSA) is 50.2 Å². The van der Waals surface area contributed by atoms with Gasteiger partial charge in [0.05, 0.1) is 10.9 Å². The van der Waals surface area contributed by atoms with Crippen molar-refractivity contribution in [2.75, 3.05) is 32.7 Å². The van der Waals surface area contributed by atoms with E-state index in [-0.39, 0.29) is 5.56 Å². The van der Waals surface area contributed by atoms with Gasteiger partial charge in [0, 0.05) is 44.8 Å². The van der Waals surface area contributed by atoms with E-state index < -0.39 is 0 Å². The number of rotatable bonds is 4. The number of fused-ring (bicyclic) bond motifs is 1. The summed E-state index contributed by atoms with van der Waals surface area (Å²) in [4.78, 5) is 20.3. The third kappa shape index (κ3) is 3.34. The minimum Gasteiger partial charge on any atom is -0.314 e. The van der Waals surface area contributed by atoms with Gasteiger partial charge in [0.15, 0.2) is 0 Å². The smallest absolute Gasteiger partial charge is 0.261 e. The SMILES string of the molecule is O=c1c2ccccc2nc(-c2ccccc2)n1CCN1CCNCC1. The Morgan fingerprint density at radius 3 is 2.44 bits per heavy atom. The summed E-state index contributed by atoms with van der Waals surface area (Å²) in [5.41, 5.74) is 1.77. The van der Waals surface area contributed by atoms with Crippen LogP contribution in [0.15, 0.2) is 59.4 Å². The first-order valence-corrected chi connectivity index (χ1v) is 8.81. The molecule has 1 saturated heterocycles. The van der Waals surface area contributed by atoms with Crippen molar-refractivity contribution < 1.29 is 0 Å². The quantitative estimate of drug-likeness (QED) is 0.792. The Morgan fingerprint density at radius 2 is 1.64 bits per heavy atom. The first-order chi connectivity index (χ1) is 12.3. The second-order valence-electron chi connectivity index (χ2n) is 6.37. The van der Waals surface area contributed by atoms with Gasteiger partial charge in [-0.25, -0.2) is 4.98 Å². The number of benzene rings is 2. The fourth-order valence-electron chi connectivity index (χ4n) is 3.36. The predicted molar refractivity (Wildman–Crippen MR) is 101 cm³/mol. The van der Waals surface area contributed by atoms with E-state index in [1.54, 1.807) is 0 Å². The van der Waals surface area contributed by atoms with Gasteiger partial charge in [-0.05, 0) is 12.1 Å². The highest BCUT2D eigenvalue weighted by Crippen LogP contribution is 2.18. The normalized spacial score (nSPS) is 15.5. The lowest BCUT2D eigenvalue weighted by molar-refractivity contribution is 0.232. The largest absolute Gasteiger partial charge is 0.314 e. The van der Waals surface area contributed by atoms with Crippen LogP contribution in [-0.4, -0.2) is 47.2 Å². The zero-order valence-corrected chi connectivity index (χ0v) is 14.2. The summed E-state index contributed by atoms with van der Waals surface area (Å²) >= 11 is 0. The molecule has 1 aliphatic rings. The second-order valence-corrected chi connectivity index (χ2v) is 6.37. The molecule has 1 aromatic heterocycles. The van der Waals surface area contributed by atoms with E-state index in [0.29, 0.717) is 11.9 Å². The van der Waals surface area contributed by atoms with E-state index in [1.807, 2.05) is 59.2 Å². The summed E-state index contributed by atoms with van der Waals surface area (Å²) in [6.07, 6.45) is 0. The van der Waals surface area contributed by atoms with Crippen LogP contribution in [0.4, 0.5) is 0 Å². The average Bonchev–Trinajstić information content (AvgIpc) is 2.69. The summed E-state index contributed by atoms with van der Waals surface area (Å²) in [6, 6.07) is 17.6. The molecule has 5 nitrogen and oxygen atoms in total. The van der Waals surface area contributed by atoms with Crippen LogP contribution in [0.25, 0.3) is 22.3 Å². The van der Waals surface area contributed by atoms with Crippen LogP contribution >= 0.6 is 0 Å². The lowest BCUT2D eigenvalue weighted by atomic mass is 10.2. The molecule has 128 valence electrons. The maximum atomic E-state index is 13.1. The molecule has 3 aromatic rings. The molecule has 0 amide bonds. The van der Waals surface area contributed by atoms with Gasteiger partial charge in [0.25, 0.3) is 5.56 Å². The highest BCUT2D eigenvalue weighted by Gasteiger charge is 2.15. The van der Waals surface area contributed by atoms with Crippen LogP contribution in [0.2, 0.25) is 0 Å². The van der Waals surface area contributed by atoms with E-state index in [4.69, 9.17) is 4.98 Å². The van der Waals surface area contributed by atoms with Gasteiger partial charge in [0.1, 0.15) is 5.82 Å². The van der Waals surface area contributed by atoms with Crippen molar-refractivity contribution in [3.05, 3.63) is 65.0 Å². The predicted octanol–water partition coefficient (Wildman–Crippen LogP) is 1.97. The van der Waals surface area contributed by atoms with E-state index in [1.165, 1.54) is 0 Å². The molecule has 2 heterocycles. The van der Waals surface area contributed by atoms with Crippen molar-refractivity contribution in [2.24, 2.45) is 0 Å². The van der Waals surface area contributed by atoms with Crippen LogP contribution in [-0.2, 0) is 6.54 Å². The molecule has 0 atom stereocenters. The molecule has 5 heteroatoms. The molecule has 0 unspecified atom stereocenters. The molecule has 0 saturated carbocycles. The number of nitrogens with zero attached hydrogens (tertiary/aromatic N) is 3. The van der Waals surface area contributed by atoms with Crippen molar-refractivity contribution >= 4 is 10.9 Å². The summed E-state index contributed by atoms with van der Waals surface area (Å²) in [7, 11) is 0. The maximum Gasteiger partial charge on any atom is 0.261 e. The van der Waals surface area contributed by atoms with Gasteiger partial charge in [0.2, 0.25) is 0 Å². The lowest BCUT2D eigenvalue weighted by Crippen LogP contribution is -2.45. The van der Waals surface area contributed by atoms with Crippen molar-refractivity contribution in [2.45, 2.75) is 6.54 Å². The van der Waals surface area contributed by atoms with Gasteiger partial charge in [-0.1, -0.05) is 42.5 Å². The molecule has 0 bridgehead atoms. The number of hydrogen-bond acceptors (Lipinski definition) is 4. The molecule has 1 N–H and O–H groups in total. The molecule has 0 aliphatic carbocycles. The third-order valence-electron chi connectivity index (χ3n) is 4.74. The van der Waals surface area contributed by atoms with Crippen molar-refractivity contribution in [3.63, 3.8) is 0 Å². The Hall–Kier alpha value is -2.50. The van der Waals surface area contributed by atoms with Crippen LogP contribution in [0.3, 0.4) is 0 Å². The first-order valence-electron chi connectivity index (χ1n) is 8.81. The van der Waals surface area contributed by atoms with Crippen LogP contribution in [0.5, 0.6) is 0 Å². The van der Waals surface area contributed by atoms with Gasteiger partial charge in [-0.3, -0.25) is 14.3 Å². The van der Waals surface area contributed by atoms with Gasteiger partial charge < -0.3 is 5.32 Å². The van der Waals surface area contributed by atoms with Crippen molar-refractivity contribution in [1.29, 1.82) is 0 Å². The second kappa shape index (κ2) is 7.17. The molecule has 4 rings (SSSR count). The third-order valence-corrected chi connectivity index (χ3v) is 4.74.